The predicted octanol–water partition coefficient (Wildman–Crippen LogP) is 4.43. The van der Waals surface area contributed by atoms with E-state index in [1.807, 2.05) is 25.1 Å². The largest absolute Gasteiger partial charge is 0.488 e. The minimum absolute atomic E-state index is 0.102. The molecule has 1 amide bonds. The molecule has 29 heavy (non-hydrogen) atoms. The average Bonchev–Trinajstić information content (AvgIpc) is 3.10. The molecule has 2 aromatic carbocycles. The first kappa shape index (κ1) is 19.0. The number of nitrogens with zero attached hydrogens (tertiary/aromatic N) is 3. The molecule has 0 atom stereocenters. The van der Waals surface area contributed by atoms with Gasteiger partial charge in [0.15, 0.2) is 0 Å². The van der Waals surface area contributed by atoms with Gasteiger partial charge in [0.25, 0.3) is 0 Å². The van der Waals surface area contributed by atoms with E-state index >= 15 is 0 Å². The van der Waals surface area contributed by atoms with Gasteiger partial charge in [0.05, 0.1) is 17.5 Å². The van der Waals surface area contributed by atoms with Crippen LogP contribution in [0.5, 0.6) is 5.75 Å². The van der Waals surface area contributed by atoms with Crippen LogP contribution in [0.15, 0.2) is 48.7 Å². The quantitative estimate of drug-likeness (QED) is 0.652. The highest BCUT2D eigenvalue weighted by molar-refractivity contribution is 5.93. The fourth-order valence-corrected chi connectivity index (χ4v) is 3.34. The van der Waals surface area contributed by atoms with Gasteiger partial charge in [-0.25, -0.2) is 0 Å². The van der Waals surface area contributed by atoms with Crippen LogP contribution in [0, 0.1) is 6.92 Å². The number of alkyl halides is 3. The predicted molar refractivity (Wildman–Crippen MR) is 102 cm³/mol. The minimum Gasteiger partial charge on any atom is -0.488 e. The van der Waals surface area contributed by atoms with Crippen LogP contribution < -0.4 is 9.64 Å². The molecule has 4 rings (SSSR count). The second-order valence-electron chi connectivity index (χ2n) is 6.97. The standard InChI is InChI=1S/C21H18F3N3O2/c1-13-6-7-18-17(8-13)20-14(12-29-18)10-25-27(20)11-19(28)26(2)16-5-3-4-15(9-16)21(22,23)24/h3-10H,11-12H2,1-2H3. The Labute approximate surface area is 165 Å². The number of likely N-dealkylation sites (N-methyl/N-ethyl adjacent to an activating group) is 1. The molecule has 0 saturated heterocycles. The Morgan fingerprint density at radius 2 is 2.03 bits per heavy atom. The fraction of sp³-hybridized carbons (Fsp3) is 0.238. The van der Waals surface area contributed by atoms with Crippen LogP contribution in [0.2, 0.25) is 0 Å². The minimum atomic E-state index is -4.47. The van der Waals surface area contributed by atoms with Crippen molar-refractivity contribution in [1.82, 2.24) is 9.78 Å². The van der Waals surface area contributed by atoms with Crippen molar-refractivity contribution in [2.45, 2.75) is 26.3 Å². The first-order valence-electron chi connectivity index (χ1n) is 8.96. The Morgan fingerprint density at radius 3 is 2.79 bits per heavy atom. The monoisotopic (exact) mass is 401 g/mol. The van der Waals surface area contributed by atoms with Gasteiger partial charge in [0.2, 0.25) is 5.91 Å². The van der Waals surface area contributed by atoms with Crippen molar-refractivity contribution in [2.24, 2.45) is 0 Å². The zero-order chi connectivity index (χ0) is 20.8. The highest BCUT2D eigenvalue weighted by Gasteiger charge is 2.31. The molecule has 3 aromatic rings. The number of hydrogen-bond donors (Lipinski definition) is 0. The van der Waals surface area contributed by atoms with Gasteiger partial charge >= 0.3 is 6.18 Å². The molecule has 0 fully saturated rings. The van der Waals surface area contributed by atoms with E-state index in [1.165, 1.54) is 24.1 Å². The molecule has 0 saturated carbocycles. The zero-order valence-electron chi connectivity index (χ0n) is 15.8. The molecule has 1 aliphatic heterocycles. The van der Waals surface area contributed by atoms with Crippen molar-refractivity contribution >= 4 is 11.6 Å². The van der Waals surface area contributed by atoms with Crippen molar-refractivity contribution < 1.29 is 22.7 Å². The van der Waals surface area contributed by atoms with Gasteiger partial charge in [0.1, 0.15) is 18.9 Å². The third-order valence-electron chi connectivity index (χ3n) is 4.91. The highest BCUT2D eigenvalue weighted by Crippen LogP contribution is 2.38. The molecular formula is C21H18F3N3O2. The summed E-state index contributed by atoms with van der Waals surface area (Å²) in [6, 6.07) is 10.5. The lowest BCUT2D eigenvalue weighted by Gasteiger charge is -2.22. The van der Waals surface area contributed by atoms with E-state index in [0.717, 1.165) is 34.5 Å². The molecule has 8 heteroatoms. The Morgan fingerprint density at radius 1 is 1.24 bits per heavy atom. The molecule has 1 aliphatic rings. The van der Waals surface area contributed by atoms with E-state index in [9.17, 15) is 18.0 Å². The fourth-order valence-electron chi connectivity index (χ4n) is 3.34. The van der Waals surface area contributed by atoms with Gasteiger partial charge in [-0.2, -0.15) is 18.3 Å². The average molecular weight is 401 g/mol. The molecule has 0 bridgehead atoms. The zero-order valence-corrected chi connectivity index (χ0v) is 15.8. The number of aryl methyl sites for hydroxylation is 1. The topological polar surface area (TPSA) is 47.4 Å². The van der Waals surface area contributed by atoms with Crippen molar-refractivity contribution in [3.8, 4) is 17.0 Å². The van der Waals surface area contributed by atoms with Crippen molar-refractivity contribution in [1.29, 1.82) is 0 Å². The van der Waals surface area contributed by atoms with Gasteiger partial charge < -0.3 is 9.64 Å². The molecule has 1 aromatic heterocycles. The lowest BCUT2D eigenvalue weighted by atomic mass is 10.0. The van der Waals surface area contributed by atoms with Crippen LogP contribution in [0.25, 0.3) is 11.3 Å². The number of ether oxygens (including phenoxy) is 1. The molecule has 2 heterocycles. The third-order valence-corrected chi connectivity index (χ3v) is 4.91. The maximum atomic E-state index is 13.0. The molecule has 0 unspecified atom stereocenters. The van der Waals surface area contributed by atoms with Gasteiger partial charge in [-0.1, -0.05) is 17.7 Å². The van der Waals surface area contributed by atoms with E-state index in [4.69, 9.17) is 4.74 Å². The summed E-state index contributed by atoms with van der Waals surface area (Å²) >= 11 is 0. The van der Waals surface area contributed by atoms with E-state index in [-0.39, 0.29) is 18.1 Å². The first-order valence-corrected chi connectivity index (χ1v) is 8.96. The summed E-state index contributed by atoms with van der Waals surface area (Å²) in [7, 11) is 1.45. The number of carbonyl (C=O) groups is 1. The summed E-state index contributed by atoms with van der Waals surface area (Å²) < 4.78 is 46.2. The normalized spacial score (nSPS) is 12.7. The smallest absolute Gasteiger partial charge is 0.416 e. The van der Waals surface area contributed by atoms with Gasteiger partial charge in [0, 0.05) is 23.9 Å². The molecule has 0 radical (unpaired) electrons. The maximum Gasteiger partial charge on any atom is 0.416 e. The number of carbonyl (C=O) groups excluding carboxylic acids is 1. The number of rotatable bonds is 3. The number of anilines is 1. The second kappa shape index (κ2) is 6.95. The molecule has 0 spiro atoms. The van der Waals surface area contributed by atoms with Crippen LogP contribution >= 0.6 is 0 Å². The summed E-state index contributed by atoms with van der Waals surface area (Å²) in [6.07, 6.45) is -2.82. The second-order valence-corrected chi connectivity index (χ2v) is 6.97. The van der Waals surface area contributed by atoms with Crippen molar-refractivity contribution in [2.75, 3.05) is 11.9 Å². The highest BCUT2D eigenvalue weighted by atomic mass is 19.4. The summed E-state index contributed by atoms with van der Waals surface area (Å²) in [6.45, 7) is 2.21. The summed E-state index contributed by atoms with van der Waals surface area (Å²) in [5.41, 5.74) is 2.91. The Balaban J connectivity index is 1.62. The van der Waals surface area contributed by atoms with E-state index in [0.29, 0.717) is 12.4 Å². The lowest BCUT2D eigenvalue weighted by molar-refractivity contribution is -0.137. The molecule has 0 N–H and O–H groups in total. The Hall–Kier alpha value is -3.29. The number of halogens is 3. The first-order chi connectivity index (χ1) is 13.7. The summed E-state index contributed by atoms with van der Waals surface area (Å²) in [4.78, 5) is 14.0. The SMILES string of the molecule is Cc1ccc2c(c1)-c1c(cnn1CC(=O)N(C)c1cccc(C(F)(F)F)c1)CO2. The Bertz CT molecular complexity index is 1090. The lowest BCUT2D eigenvalue weighted by Crippen LogP contribution is -2.31. The molecule has 0 aliphatic carbocycles. The molecule has 150 valence electrons. The summed E-state index contributed by atoms with van der Waals surface area (Å²) in [5.74, 6) is 0.333. The number of amides is 1. The van der Waals surface area contributed by atoms with Gasteiger partial charge in [-0.3, -0.25) is 9.48 Å². The Kier molecular flexibility index (Phi) is 4.56. The number of aromatic nitrogens is 2. The van der Waals surface area contributed by atoms with E-state index in [1.54, 1.807) is 10.9 Å². The van der Waals surface area contributed by atoms with Crippen molar-refractivity contribution in [3.05, 3.63) is 65.4 Å². The van der Waals surface area contributed by atoms with Crippen LogP contribution in [-0.2, 0) is 24.1 Å². The third kappa shape index (κ3) is 3.57. The van der Waals surface area contributed by atoms with Crippen LogP contribution in [0.3, 0.4) is 0 Å². The molecular weight excluding hydrogens is 383 g/mol. The van der Waals surface area contributed by atoms with E-state index < -0.39 is 11.7 Å². The van der Waals surface area contributed by atoms with Crippen LogP contribution in [0.4, 0.5) is 18.9 Å². The maximum absolute atomic E-state index is 13.0. The van der Waals surface area contributed by atoms with Crippen molar-refractivity contribution in [3.63, 3.8) is 0 Å². The van der Waals surface area contributed by atoms with Gasteiger partial charge in [-0.05, 0) is 37.3 Å². The number of hydrogen-bond acceptors (Lipinski definition) is 3. The summed E-state index contributed by atoms with van der Waals surface area (Å²) in [5, 5.41) is 4.31. The van der Waals surface area contributed by atoms with Crippen LogP contribution in [0.1, 0.15) is 16.7 Å². The number of benzene rings is 2. The van der Waals surface area contributed by atoms with E-state index in [2.05, 4.69) is 5.10 Å². The van der Waals surface area contributed by atoms with Gasteiger partial charge in [-0.15, -0.1) is 0 Å². The number of fused-ring (bicyclic) bond motifs is 3. The van der Waals surface area contributed by atoms with Crippen LogP contribution in [-0.4, -0.2) is 22.7 Å². The molecule has 5 nitrogen and oxygen atoms in total.